The lowest BCUT2D eigenvalue weighted by Crippen LogP contribution is -2.46. The lowest BCUT2D eigenvalue weighted by molar-refractivity contribution is 0.0971. The van der Waals surface area contributed by atoms with Gasteiger partial charge in [0.25, 0.3) is 0 Å². The molecule has 0 radical (unpaired) electrons. The molecular formula is C21H25ClFN3O. The predicted octanol–water partition coefficient (Wildman–Crippen LogP) is 4.01. The van der Waals surface area contributed by atoms with Gasteiger partial charge in [0.1, 0.15) is 5.82 Å². The van der Waals surface area contributed by atoms with Gasteiger partial charge in [-0.1, -0.05) is 11.6 Å². The lowest BCUT2D eigenvalue weighted by Gasteiger charge is -2.36. The first-order valence-electron chi connectivity index (χ1n) is 9.75. The van der Waals surface area contributed by atoms with Gasteiger partial charge in [0, 0.05) is 62.3 Å². The zero-order valence-corrected chi connectivity index (χ0v) is 16.2. The number of nitrogens with zero attached hydrogens (tertiary/aromatic N) is 3. The molecule has 1 aromatic heterocycles. The fraction of sp³-hybridized carbons (Fsp3) is 0.476. The van der Waals surface area contributed by atoms with Crippen molar-refractivity contribution < 1.29 is 9.18 Å². The number of aromatic nitrogens is 1. The highest BCUT2D eigenvalue weighted by Crippen LogP contribution is 2.24. The summed E-state index contributed by atoms with van der Waals surface area (Å²) in [6.45, 7) is 5.87. The van der Waals surface area contributed by atoms with E-state index in [1.807, 2.05) is 6.07 Å². The van der Waals surface area contributed by atoms with E-state index in [9.17, 15) is 9.18 Å². The van der Waals surface area contributed by atoms with Crippen molar-refractivity contribution >= 4 is 23.1 Å². The van der Waals surface area contributed by atoms with Crippen molar-refractivity contribution in [2.24, 2.45) is 0 Å². The zero-order valence-electron chi connectivity index (χ0n) is 15.5. The Bertz CT molecular complexity index is 827. The molecule has 1 aliphatic carbocycles. The van der Waals surface area contributed by atoms with Gasteiger partial charge in [-0.25, -0.2) is 4.39 Å². The van der Waals surface area contributed by atoms with Crippen LogP contribution in [0.3, 0.4) is 0 Å². The van der Waals surface area contributed by atoms with Crippen LogP contribution in [0.1, 0.15) is 35.3 Å². The molecule has 0 atom stereocenters. The molecule has 144 valence electrons. The van der Waals surface area contributed by atoms with E-state index in [0.29, 0.717) is 12.2 Å². The highest BCUT2D eigenvalue weighted by Gasteiger charge is 2.21. The normalized spacial score (nSPS) is 18.0. The van der Waals surface area contributed by atoms with Gasteiger partial charge in [-0.3, -0.25) is 9.69 Å². The van der Waals surface area contributed by atoms with Crippen LogP contribution in [0.15, 0.2) is 30.5 Å². The molecule has 0 unspecified atom stereocenters. The monoisotopic (exact) mass is 389 g/mol. The number of aryl methyl sites for hydroxylation is 1. The van der Waals surface area contributed by atoms with E-state index in [4.69, 9.17) is 11.6 Å². The van der Waals surface area contributed by atoms with Gasteiger partial charge in [0.2, 0.25) is 0 Å². The third kappa shape index (κ3) is 4.04. The number of piperazine rings is 1. The summed E-state index contributed by atoms with van der Waals surface area (Å²) < 4.78 is 15.6. The van der Waals surface area contributed by atoms with E-state index in [-0.39, 0.29) is 10.8 Å². The maximum Gasteiger partial charge on any atom is 0.164 e. The number of Topliss-reactive ketones (excluding diaryl/α,β-unsaturated/α-hetero) is 1. The molecule has 2 aliphatic rings. The van der Waals surface area contributed by atoms with Crippen LogP contribution in [0, 0.1) is 5.82 Å². The van der Waals surface area contributed by atoms with Gasteiger partial charge < -0.3 is 9.47 Å². The molecule has 4 rings (SSSR count). The summed E-state index contributed by atoms with van der Waals surface area (Å²) in [6.07, 6.45) is 5.85. The van der Waals surface area contributed by atoms with Crippen molar-refractivity contribution in [1.82, 2.24) is 9.47 Å². The largest absolute Gasteiger partial charge is 0.369 e. The number of hydrogen-bond donors (Lipinski definition) is 0. The Balaban J connectivity index is 1.25. The van der Waals surface area contributed by atoms with E-state index in [2.05, 4.69) is 20.6 Å². The molecule has 0 spiro atoms. The van der Waals surface area contributed by atoms with Gasteiger partial charge in [0.15, 0.2) is 5.78 Å². The van der Waals surface area contributed by atoms with Crippen molar-refractivity contribution in [3.05, 3.63) is 52.6 Å². The fourth-order valence-electron chi connectivity index (χ4n) is 4.17. The van der Waals surface area contributed by atoms with Gasteiger partial charge in [0.05, 0.1) is 5.02 Å². The topological polar surface area (TPSA) is 28.5 Å². The first-order chi connectivity index (χ1) is 13.1. The minimum Gasteiger partial charge on any atom is -0.369 e. The molecule has 0 N–H and O–H groups in total. The Morgan fingerprint density at radius 1 is 1.04 bits per heavy atom. The van der Waals surface area contributed by atoms with E-state index in [0.717, 1.165) is 69.8 Å². The minimum absolute atomic E-state index is 0.184. The summed E-state index contributed by atoms with van der Waals surface area (Å²) in [7, 11) is 0. The van der Waals surface area contributed by atoms with Crippen LogP contribution in [0.25, 0.3) is 0 Å². The standard InChI is InChI=1S/C21H25ClFN3O/c22-18-15-16(5-6-19(18)23)25-13-11-24(12-14-25)8-2-9-26-10-7-17-20(26)3-1-4-21(17)27/h5-7,10,15H,1-4,8-9,11-14H2. The lowest BCUT2D eigenvalue weighted by atomic mass is 9.97. The summed E-state index contributed by atoms with van der Waals surface area (Å²) in [5.41, 5.74) is 3.15. The third-order valence-electron chi connectivity index (χ3n) is 5.71. The van der Waals surface area contributed by atoms with Crippen LogP contribution < -0.4 is 4.90 Å². The van der Waals surface area contributed by atoms with Crippen LogP contribution in [0.2, 0.25) is 5.02 Å². The molecule has 1 aliphatic heterocycles. The Labute approximate surface area is 164 Å². The average Bonchev–Trinajstić information content (AvgIpc) is 3.09. The highest BCUT2D eigenvalue weighted by molar-refractivity contribution is 6.31. The predicted molar refractivity (Wildman–Crippen MR) is 106 cm³/mol. The van der Waals surface area contributed by atoms with Crippen LogP contribution in [-0.2, 0) is 13.0 Å². The van der Waals surface area contributed by atoms with Crippen LogP contribution in [-0.4, -0.2) is 48.0 Å². The Hall–Kier alpha value is -1.85. The molecule has 1 fully saturated rings. The summed E-state index contributed by atoms with van der Waals surface area (Å²) in [4.78, 5) is 16.7. The second-order valence-corrected chi connectivity index (χ2v) is 7.83. The molecule has 1 saturated heterocycles. The van der Waals surface area contributed by atoms with E-state index in [1.54, 1.807) is 12.1 Å². The summed E-state index contributed by atoms with van der Waals surface area (Å²) in [6, 6.07) is 6.94. The Morgan fingerprint density at radius 2 is 1.85 bits per heavy atom. The summed E-state index contributed by atoms with van der Waals surface area (Å²) in [5, 5.41) is 0.184. The second-order valence-electron chi connectivity index (χ2n) is 7.43. The maximum atomic E-state index is 13.3. The summed E-state index contributed by atoms with van der Waals surface area (Å²) in [5.74, 6) is -0.0695. The van der Waals surface area contributed by atoms with E-state index >= 15 is 0 Å². The molecule has 27 heavy (non-hydrogen) atoms. The second kappa shape index (κ2) is 8.03. The number of anilines is 1. The van der Waals surface area contributed by atoms with E-state index < -0.39 is 0 Å². The summed E-state index contributed by atoms with van der Waals surface area (Å²) >= 11 is 5.90. The van der Waals surface area contributed by atoms with Crippen molar-refractivity contribution in [1.29, 1.82) is 0 Å². The molecular weight excluding hydrogens is 365 g/mol. The van der Waals surface area contributed by atoms with Gasteiger partial charge >= 0.3 is 0 Å². The number of hydrogen-bond acceptors (Lipinski definition) is 3. The van der Waals surface area contributed by atoms with Gasteiger partial charge in [-0.15, -0.1) is 0 Å². The van der Waals surface area contributed by atoms with Crippen LogP contribution in [0.4, 0.5) is 10.1 Å². The minimum atomic E-state index is -0.368. The van der Waals surface area contributed by atoms with Crippen LogP contribution in [0.5, 0.6) is 0 Å². The maximum absolute atomic E-state index is 13.3. The Morgan fingerprint density at radius 3 is 2.63 bits per heavy atom. The van der Waals surface area contributed by atoms with Gasteiger partial charge in [-0.05, 0) is 50.1 Å². The van der Waals surface area contributed by atoms with Gasteiger partial charge in [-0.2, -0.15) is 0 Å². The molecule has 2 aromatic rings. The molecule has 0 bridgehead atoms. The smallest absolute Gasteiger partial charge is 0.164 e. The zero-order chi connectivity index (χ0) is 18.8. The van der Waals surface area contributed by atoms with Crippen molar-refractivity contribution in [3.8, 4) is 0 Å². The number of rotatable bonds is 5. The first-order valence-corrected chi connectivity index (χ1v) is 10.1. The molecule has 0 amide bonds. The van der Waals surface area contributed by atoms with Crippen molar-refractivity contribution in [2.45, 2.75) is 32.2 Å². The van der Waals surface area contributed by atoms with Crippen molar-refractivity contribution in [2.75, 3.05) is 37.6 Å². The molecule has 4 nitrogen and oxygen atoms in total. The first kappa shape index (κ1) is 18.5. The molecule has 2 heterocycles. The number of halogens is 2. The molecule has 6 heteroatoms. The fourth-order valence-corrected chi connectivity index (χ4v) is 4.35. The quantitative estimate of drug-likeness (QED) is 0.773. The Kier molecular flexibility index (Phi) is 5.50. The average molecular weight is 390 g/mol. The number of carbonyl (C=O) groups excluding carboxylic acids is 1. The SMILES string of the molecule is O=C1CCCc2c1ccn2CCCN1CCN(c2ccc(F)c(Cl)c2)CC1. The molecule has 0 saturated carbocycles. The van der Waals surface area contributed by atoms with Crippen molar-refractivity contribution in [3.63, 3.8) is 0 Å². The van der Waals surface area contributed by atoms with Crippen LogP contribution >= 0.6 is 11.6 Å². The highest BCUT2D eigenvalue weighted by atomic mass is 35.5. The molecule has 1 aromatic carbocycles. The number of fused-ring (bicyclic) bond motifs is 1. The number of carbonyl (C=O) groups is 1. The van der Waals surface area contributed by atoms with E-state index in [1.165, 1.54) is 11.8 Å². The number of benzene rings is 1. The third-order valence-corrected chi connectivity index (χ3v) is 6.00. The number of ketones is 1.